The van der Waals surface area contributed by atoms with Gasteiger partial charge in [-0.1, -0.05) is 0 Å². The van der Waals surface area contributed by atoms with Crippen LogP contribution in [0.1, 0.15) is 42.5 Å². The summed E-state index contributed by atoms with van der Waals surface area (Å²) in [5.41, 5.74) is 0.106. The minimum absolute atomic E-state index is 0.0982. The Morgan fingerprint density at radius 1 is 1.17 bits per heavy atom. The molecule has 1 atom stereocenters. The summed E-state index contributed by atoms with van der Waals surface area (Å²) < 4.78 is 13.0. The zero-order valence-corrected chi connectivity index (χ0v) is 13.8. The second-order valence-electron chi connectivity index (χ2n) is 7.56. The molecular formula is C19H23FN2O2. The first-order valence-electron chi connectivity index (χ1n) is 8.92. The minimum Gasteiger partial charge on any atom is -0.342 e. The molecular weight excluding hydrogens is 307 g/mol. The van der Waals surface area contributed by atoms with Crippen LogP contribution in [0, 0.1) is 17.2 Å². The van der Waals surface area contributed by atoms with Crippen LogP contribution in [0.15, 0.2) is 24.3 Å². The molecule has 2 aliphatic heterocycles. The van der Waals surface area contributed by atoms with Gasteiger partial charge in [-0.15, -0.1) is 0 Å². The molecule has 0 unspecified atom stereocenters. The highest BCUT2D eigenvalue weighted by molar-refractivity contribution is 5.95. The number of halogens is 1. The molecule has 4 nitrogen and oxygen atoms in total. The quantitative estimate of drug-likeness (QED) is 0.855. The van der Waals surface area contributed by atoms with E-state index in [4.69, 9.17) is 0 Å². The van der Waals surface area contributed by atoms with Gasteiger partial charge in [0.25, 0.3) is 5.91 Å². The lowest BCUT2D eigenvalue weighted by molar-refractivity contribution is -0.145. The van der Waals surface area contributed by atoms with Crippen molar-refractivity contribution in [3.8, 4) is 0 Å². The van der Waals surface area contributed by atoms with Gasteiger partial charge in [0.1, 0.15) is 5.82 Å². The maximum absolute atomic E-state index is 13.0. The Labute approximate surface area is 141 Å². The van der Waals surface area contributed by atoms with Crippen LogP contribution in [0.25, 0.3) is 0 Å². The first-order chi connectivity index (χ1) is 11.6. The van der Waals surface area contributed by atoms with Gasteiger partial charge >= 0.3 is 0 Å². The van der Waals surface area contributed by atoms with Crippen LogP contribution >= 0.6 is 0 Å². The summed E-state index contributed by atoms with van der Waals surface area (Å²) in [7, 11) is 0. The van der Waals surface area contributed by atoms with E-state index in [2.05, 4.69) is 0 Å². The monoisotopic (exact) mass is 330 g/mol. The Bertz CT molecular complexity index is 656. The van der Waals surface area contributed by atoms with E-state index in [1.165, 1.54) is 37.1 Å². The maximum atomic E-state index is 13.0. The van der Waals surface area contributed by atoms with Gasteiger partial charge in [-0.05, 0) is 62.3 Å². The number of amides is 2. The third-order valence-corrected chi connectivity index (χ3v) is 5.73. The largest absolute Gasteiger partial charge is 0.342 e. The molecule has 2 heterocycles. The summed E-state index contributed by atoms with van der Waals surface area (Å²) in [4.78, 5) is 29.4. The van der Waals surface area contributed by atoms with Gasteiger partial charge in [-0.3, -0.25) is 9.59 Å². The highest BCUT2D eigenvalue weighted by atomic mass is 19.1. The van der Waals surface area contributed by atoms with Crippen molar-refractivity contribution in [1.82, 2.24) is 9.80 Å². The molecule has 3 fully saturated rings. The van der Waals surface area contributed by atoms with E-state index >= 15 is 0 Å². The molecule has 0 aromatic heterocycles. The third-order valence-electron chi connectivity index (χ3n) is 5.73. The second kappa shape index (κ2) is 5.87. The van der Waals surface area contributed by atoms with Crippen molar-refractivity contribution in [2.24, 2.45) is 11.3 Å². The molecule has 2 saturated heterocycles. The van der Waals surface area contributed by atoms with Gasteiger partial charge in [-0.2, -0.15) is 0 Å². The summed E-state index contributed by atoms with van der Waals surface area (Å²) >= 11 is 0. The first-order valence-corrected chi connectivity index (χ1v) is 8.92. The molecule has 128 valence electrons. The summed E-state index contributed by atoms with van der Waals surface area (Å²) in [6, 6.07) is 5.65. The molecule has 4 rings (SSSR count). The molecule has 5 heteroatoms. The second-order valence-corrected chi connectivity index (χ2v) is 7.56. The van der Waals surface area contributed by atoms with Crippen molar-refractivity contribution in [1.29, 1.82) is 0 Å². The molecule has 0 N–H and O–H groups in total. The Morgan fingerprint density at radius 2 is 1.92 bits per heavy atom. The molecule has 0 bridgehead atoms. The SMILES string of the molecule is O=C(c1ccc(F)cc1)N1CC[C@@]2(CCCN(CC3CC3)C2=O)C1. The summed E-state index contributed by atoms with van der Waals surface area (Å²) in [5, 5.41) is 0. The van der Waals surface area contributed by atoms with Crippen LogP contribution in [0.5, 0.6) is 0 Å². The lowest BCUT2D eigenvalue weighted by atomic mass is 9.78. The van der Waals surface area contributed by atoms with Crippen LogP contribution < -0.4 is 0 Å². The highest BCUT2D eigenvalue weighted by Crippen LogP contribution is 2.42. The lowest BCUT2D eigenvalue weighted by Crippen LogP contribution is -2.50. The van der Waals surface area contributed by atoms with E-state index in [0.29, 0.717) is 24.6 Å². The molecule has 0 radical (unpaired) electrons. The standard InChI is InChI=1S/C19H23FN2O2/c20-16-6-4-15(5-7-16)17(23)22-11-9-19(13-22)8-1-10-21(18(19)24)12-14-2-3-14/h4-7,14H,1-3,8-13H2/t19-/m0/s1. The van der Waals surface area contributed by atoms with E-state index in [1.807, 2.05) is 4.90 Å². The lowest BCUT2D eigenvalue weighted by Gasteiger charge is -2.39. The van der Waals surface area contributed by atoms with Crippen molar-refractivity contribution in [3.63, 3.8) is 0 Å². The molecule has 1 aliphatic carbocycles. The van der Waals surface area contributed by atoms with Gasteiger partial charge in [0, 0.05) is 31.7 Å². The normalized spacial score (nSPS) is 27.1. The molecule has 3 aliphatic rings. The summed E-state index contributed by atoms with van der Waals surface area (Å²) in [6.07, 6.45) is 5.13. The minimum atomic E-state index is -0.386. The summed E-state index contributed by atoms with van der Waals surface area (Å²) in [5.74, 6) is 0.499. The molecule has 2 amide bonds. The van der Waals surface area contributed by atoms with Crippen LogP contribution in [-0.4, -0.2) is 47.8 Å². The summed E-state index contributed by atoms with van der Waals surface area (Å²) in [6.45, 7) is 2.87. The number of benzene rings is 1. The molecule has 1 aromatic carbocycles. The number of carbonyl (C=O) groups is 2. The number of carbonyl (C=O) groups excluding carboxylic acids is 2. The van der Waals surface area contributed by atoms with E-state index in [-0.39, 0.29) is 23.0 Å². The van der Waals surface area contributed by atoms with Crippen molar-refractivity contribution < 1.29 is 14.0 Å². The molecule has 1 aromatic rings. The van der Waals surface area contributed by atoms with E-state index < -0.39 is 0 Å². The molecule has 1 saturated carbocycles. The van der Waals surface area contributed by atoms with E-state index in [1.54, 1.807) is 4.90 Å². The first kappa shape index (κ1) is 15.6. The predicted molar refractivity (Wildman–Crippen MR) is 87.9 cm³/mol. The number of hydrogen-bond acceptors (Lipinski definition) is 2. The maximum Gasteiger partial charge on any atom is 0.253 e. The number of hydrogen-bond donors (Lipinski definition) is 0. The Kier molecular flexibility index (Phi) is 3.82. The van der Waals surface area contributed by atoms with Crippen molar-refractivity contribution in [3.05, 3.63) is 35.6 Å². The van der Waals surface area contributed by atoms with Crippen LogP contribution in [-0.2, 0) is 4.79 Å². The predicted octanol–water partition coefficient (Wildman–Crippen LogP) is 2.69. The van der Waals surface area contributed by atoms with Crippen molar-refractivity contribution >= 4 is 11.8 Å². The van der Waals surface area contributed by atoms with Gasteiger partial charge in [-0.25, -0.2) is 4.39 Å². The zero-order chi connectivity index (χ0) is 16.7. The molecule has 1 spiro atoms. The smallest absolute Gasteiger partial charge is 0.253 e. The zero-order valence-electron chi connectivity index (χ0n) is 13.8. The Balaban J connectivity index is 1.47. The van der Waals surface area contributed by atoms with E-state index in [9.17, 15) is 14.0 Å². The molecule has 24 heavy (non-hydrogen) atoms. The topological polar surface area (TPSA) is 40.6 Å². The number of nitrogens with zero attached hydrogens (tertiary/aromatic N) is 2. The average Bonchev–Trinajstić information content (AvgIpc) is 3.30. The van der Waals surface area contributed by atoms with Crippen molar-refractivity contribution in [2.75, 3.05) is 26.2 Å². The van der Waals surface area contributed by atoms with Gasteiger partial charge in [0.2, 0.25) is 5.91 Å². The number of likely N-dealkylation sites (tertiary alicyclic amines) is 2. The number of piperidine rings is 1. The van der Waals surface area contributed by atoms with Gasteiger partial charge in [0.05, 0.1) is 5.41 Å². The Hall–Kier alpha value is -1.91. The highest BCUT2D eigenvalue weighted by Gasteiger charge is 2.49. The van der Waals surface area contributed by atoms with Crippen LogP contribution in [0.3, 0.4) is 0 Å². The van der Waals surface area contributed by atoms with Gasteiger partial charge in [0.15, 0.2) is 0 Å². The van der Waals surface area contributed by atoms with E-state index in [0.717, 1.165) is 32.4 Å². The number of rotatable bonds is 3. The van der Waals surface area contributed by atoms with Crippen LogP contribution in [0.4, 0.5) is 4.39 Å². The fraction of sp³-hybridized carbons (Fsp3) is 0.579. The van der Waals surface area contributed by atoms with Crippen molar-refractivity contribution in [2.45, 2.75) is 32.1 Å². The fourth-order valence-corrected chi connectivity index (χ4v) is 4.14. The Morgan fingerprint density at radius 3 is 2.62 bits per heavy atom. The fourth-order valence-electron chi connectivity index (χ4n) is 4.14. The van der Waals surface area contributed by atoms with Gasteiger partial charge < -0.3 is 9.80 Å². The van der Waals surface area contributed by atoms with Crippen LogP contribution in [0.2, 0.25) is 0 Å². The third kappa shape index (κ3) is 2.80. The average molecular weight is 330 g/mol.